The van der Waals surface area contributed by atoms with Gasteiger partial charge in [0.1, 0.15) is 24.2 Å². The molecule has 1 unspecified atom stereocenters. The molecular weight excluding hydrogens is 207 g/mol. The summed E-state index contributed by atoms with van der Waals surface area (Å²) in [7, 11) is 0. The Morgan fingerprint density at radius 3 is 2.88 bits per heavy atom. The lowest BCUT2D eigenvalue weighted by molar-refractivity contribution is 0.606. The van der Waals surface area contributed by atoms with Crippen LogP contribution in [0.25, 0.3) is 5.69 Å². The van der Waals surface area contributed by atoms with E-state index < -0.39 is 0 Å². The average molecular weight is 220 g/mol. The lowest BCUT2D eigenvalue weighted by Gasteiger charge is -2.07. The van der Waals surface area contributed by atoms with Crippen molar-refractivity contribution in [2.45, 2.75) is 19.4 Å². The molecule has 0 fully saturated rings. The molecular formula is C11H13FN4. The first-order valence-corrected chi connectivity index (χ1v) is 5.06. The summed E-state index contributed by atoms with van der Waals surface area (Å²) in [6.07, 6.45) is 3.49. The average Bonchev–Trinajstić information content (AvgIpc) is 2.69. The van der Waals surface area contributed by atoms with Gasteiger partial charge in [0, 0.05) is 6.04 Å². The number of rotatable bonds is 3. The van der Waals surface area contributed by atoms with E-state index in [1.54, 1.807) is 6.07 Å². The Morgan fingerprint density at radius 2 is 2.31 bits per heavy atom. The third-order valence-electron chi connectivity index (χ3n) is 2.24. The minimum Gasteiger partial charge on any atom is -0.328 e. The third kappa shape index (κ3) is 2.25. The lowest BCUT2D eigenvalue weighted by atomic mass is 10.1. The Hall–Kier alpha value is -1.75. The minimum atomic E-state index is -0.316. The molecule has 0 aliphatic rings. The molecule has 84 valence electrons. The molecule has 16 heavy (non-hydrogen) atoms. The first kappa shape index (κ1) is 10.8. The minimum absolute atomic E-state index is 0.0246. The van der Waals surface area contributed by atoms with Crippen molar-refractivity contribution in [3.8, 4) is 5.69 Å². The van der Waals surface area contributed by atoms with E-state index in [9.17, 15) is 4.39 Å². The summed E-state index contributed by atoms with van der Waals surface area (Å²) in [6, 6.07) is 5.04. The highest BCUT2D eigenvalue weighted by molar-refractivity contribution is 5.35. The van der Waals surface area contributed by atoms with Crippen LogP contribution >= 0.6 is 0 Å². The van der Waals surface area contributed by atoms with Crippen LogP contribution in [0.1, 0.15) is 12.5 Å². The van der Waals surface area contributed by atoms with Gasteiger partial charge in [0.2, 0.25) is 0 Å². The van der Waals surface area contributed by atoms with Crippen molar-refractivity contribution in [2.24, 2.45) is 5.73 Å². The molecule has 0 spiro atoms. The van der Waals surface area contributed by atoms with Crippen molar-refractivity contribution in [3.63, 3.8) is 0 Å². The van der Waals surface area contributed by atoms with E-state index in [1.165, 1.54) is 23.4 Å². The summed E-state index contributed by atoms with van der Waals surface area (Å²) in [4.78, 5) is 3.78. The lowest BCUT2D eigenvalue weighted by Crippen LogP contribution is -2.17. The van der Waals surface area contributed by atoms with Gasteiger partial charge in [-0.3, -0.25) is 0 Å². The number of aromatic nitrogens is 3. The van der Waals surface area contributed by atoms with Crippen molar-refractivity contribution in [1.82, 2.24) is 14.8 Å². The van der Waals surface area contributed by atoms with Crippen molar-refractivity contribution >= 4 is 0 Å². The molecule has 1 atom stereocenters. The molecule has 4 nitrogen and oxygen atoms in total. The topological polar surface area (TPSA) is 56.7 Å². The molecule has 2 N–H and O–H groups in total. The molecule has 0 amide bonds. The van der Waals surface area contributed by atoms with Crippen LogP contribution in [-0.2, 0) is 6.42 Å². The maximum Gasteiger partial charge on any atom is 0.149 e. The molecule has 5 heteroatoms. The van der Waals surface area contributed by atoms with E-state index in [0.717, 1.165) is 5.56 Å². The third-order valence-corrected chi connectivity index (χ3v) is 2.24. The largest absolute Gasteiger partial charge is 0.328 e. The number of nitrogens with two attached hydrogens (primary N) is 1. The van der Waals surface area contributed by atoms with Gasteiger partial charge in [-0.2, -0.15) is 5.10 Å². The second-order valence-corrected chi connectivity index (χ2v) is 3.81. The van der Waals surface area contributed by atoms with Crippen LogP contribution in [0.3, 0.4) is 0 Å². The Bertz CT molecular complexity index is 465. The van der Waals surface area contributed by atoms with Crippen LogP contribution in [-0.4, -0.2) is 20.8 Å². The molecule has 1 heterocycles. The standard InChI is InChI=1S/C11H13FN4/c1-8(13)4-9-2-3-11(10(12)5-9)16-7-14-6-15-16/h2-3,5-8H,4,13H2,1H3. The Kier molecular flexibility index (Phi) is 2.96. The van der Waals surface area contributed by atoms with Crippen LogP contribution in [0, 0.1) is 5.82 Å². The smallest absolute Gasteiger partial charge is 0.149 e. The van der Waals surface area contributed by atoms with E-state index in [-0.39, 0.29) is 11.9 Å². The van der Waals surface area contributed by atoms with Gasteiger partial charge in [-0.1, -0.05) is 6.07 Å². The van der Waals surface area contributed by atoms with Crippen molar-refractivity contribution in [3.05, 3.63) is 42.2 Å². The van der Waals surface area contributed by atoms with Gasteiger partial charge >= 0.3 is 0 Å². The normalized spacial score (nSPS) is 12.7. The van der Waals surface area contributed by atoms with E-state index in [0.29, 0.717) is 12.1 Å². The predicted octanol–water partition coefficient (Wildman–Crippen LogP) is 1.30. The highest BCUT2D eigenvalue weighted by Gasteiger charge is 2.07. The van der Waals surface area contributed by atoms with Gasteiger partial charge in [0.05, 0.1) is 0 Å². The van der Waals surface area contributed by atoms with E-state index in [4.69, 9.17) is 5.73 Å². The summed E-state index contributed by atoms with van der Waals surface area (Å²) in [5.74, 6) is -0.316. The summed E-state index contributed by atoms with van der Waals surface area (Å²) < 4.78 is 15.1. The van der Waals surface area contributed by atoms with E-state index in [2.05, 4.69) is 10.1 Å². The maximum absolute atomic E-state index is 13.7. The van der Waals surface area contributed by atoms with Gasteiger partial charge < -0.3 is 5.73 Å². The number of hydrogen-bond acceptors (Lipinski definition) is 3. The van der Waals surface area contributed by atoms with Gasteiger partial charge in [-0.25, -0.2) is 14.1 Å². The molecule has 0 saturated heterocycles. The number of hydrogen-bond donors (Lipinski definition) is 1. The second kappa shape index (κ2) is 4.40. The number of nitrogens with zero attached hydrogens (tertiary/aromatic N) is 3. The van der Waals surface area contributed by atoms with E-state index >= 15 is 0 Å². The fourth-order valence-corrected chi connectivity index (χ4v) is 1.57. The summed E-state index contributed by atoms with van der Waals surface area (Å²) in [5, 5.41) is 3.88. The first-order valence-electron chi connectivity index (χ1n) is 5.06. The van der Waals surface area contributed by atoms with Gasteiger partial charge in [0.25, 0.3) is 0 Å². The fourth-order valence-electron chi connectivity index (χ4n) is 1.57. The highest BCUT2D eigenvalue weighted by atomic mass is 19.1. The van der Waals surface area contributed by atoms with E-state index in [1.807, 2.05) is 13.0 Å². The van der Waals surface area contributed by atoms with Gasteiger partial charge in [0.15, 0.2) is 0 Å². The molecule has 2 aromatic rings. The molecule has 0 aliphatic heterocycles. The van der Waals surface area contributed by atoms with Gasteiger partial charge in [-0.05, 0) is 31.0 Å². The van der Waals surface area contributed by atoms with Crippen molar-refractivity contribution in [1.29, 1.82) is 0 Å². The summed E-state index contributed by atoms with van der Waals surface area (Å²) in [5.41, 5.74) is 6.94. The van der Waals surface area contributed by atoms with Crippen LogP contribution in [0.4, 0.5) is 4.39 Å². The van der Waals surface area contributed by atoms with Gasteiger partial charge in [-0.15, -0.1) is 0 Å². The zero-order valence-corrected chi connectivity index (χ0v) is 8.97. The number of halogens is 1. The summed E-state index contributed by atoms with van der Waals surface area (Å²) in [6.45, 7) is 1.89. The monoisotopic (exact) mass is 220 g/mol. The van der Waals surface area contributed by atoms with Crippen LogP contribution < -0.4 is 5.73 Å². The molecule has 0 saturated carbocycles. The Balaban J connectivity index is 2.30. The molecule has 0 aliphatic carbocycles. The molecule has 1 aromatic heterocycles. The number of benzene rings is 1. The molecule has 1 aromatic carbocycles. The molecule has 0 bridgehead atoms. The Morgan fingerprint density at radius 1 is 1.50 bits per heavy atom. The quantitative estimate of drug-likeness (QED) is 0.848. The predicted molar refractivity (Wildman–Crippen MR) is 58.7 cm³/mol. The van der Waals surface area contributed by atoms with Crippen LogP contribution in [0.5, 0.6) is 0 Å². The van der Waals surface area contributed by atoms with Crippen molar-refractivity contribution in [2.75, 3.05) is 0 Å². The van der Waals surface area contributed by atoms with Crippen LogP contribution in [0.2, 0.25) is 0 Å². The van der Waals surface area contributed by atoms with Crippen LogP contribution in [0.15, 0.2) is 30.9 Å². The Labute approximate surface area is 92.9 Å². The molecule has 2 rings (SSSR count). The SMILES string of the molecule is CC(N)Cc1ccc(-n2cncn2)c(F)c1. The fraction of sp³-hybridized carbons (Fsp3) is 0.273. The zero-order chi connectivity index (χ0) is 11.5. The first-order chi connectivity index (χ1) is 7.66. The van der Waals surface area contributed by atoms with Crippen molar-refractivity contribution < 1.29 is 4.39 Å². The zero-order valence-electron chi connectivity index (χ0n) is 8.97. The summed E-state index contributed by atoms with van der Waals surface area (Å²) >= 11 is 0. The highest BCUT2D eigenvalue weighted by Crippen LogP contribution is 2.14. The second-order valence-electron chi connectivity index (χ2n) is 3.81. The maximum atomic E-state index is 13.7. The molecule has 0 radical (unpaired) electrons.